The highest BCUT2D eigenvalue weighted by Crippen LogP contribution is 2.25. The molecule has 0 radical (unpaired) electrons. The summed E-state index contributed by atoms with van der Waals surface area (Å²) in [6.45, 7) is 11.8. The van der Waals surface area contributed by atoms with E-state index in [4.69, 9.17) is 14.5 Å². The molecule has 0 amide bonds. The van der Waals surface area contributed by atoms with Gasteiger partial charge in [0.2, 0.25) is 0 Å². The lowest BCUT2D eigenvalue weighted by Gasteiger charge is -2.29. The van der Waals surface area contributed by atoms with Gasteiger partial charge in [0.05, 0.1) is 31.4 Å². The molecular formula is C21H30N4O5S. The Labute approximate surface area is 185 Å². The van der Waals surface area contributed by atoms with E-state index in [1.807, 2.05) is 32.6 Å². The van der Waals surface area contributed by atoms with E-state index < -0.39 is 28.1 Å². The average molecular weight is 451 g/mol. The number of esters is 1. The molecule has 10 heteroatoms. The minimum atomic E-state index is -1.35. The Morgan fingerprint density at radius 3 is 2.65 bits per heavy atom. The summed E-state index contributed by atoms with van der Waals surface area (Å²) < 4.78 is 27.2. The minimum Gasteiger partial charge on any atom is -0.598 e. The second-order valence-electron chi connectivity index (χ2n) is 8.37. The number of pyridine rings is 1. The van der Waals surface area contributed by atoms with Gasteiger partial charge >= 0.3 is 5.97 Å². The standard InChI is InChI=1S/C21H30N4O5S/c1-6-30-20(27)15-11-16(14(2)23-31(28)21(3,4)5)19-22-17(12-18(26)25(19)13-15)24-7-9-29-10-8-24/h11-14,23H,6-10H2,1-5H3/t14-,31?/m1/s1. The van der Waals surface area contributed by atoms with Gasteiger partial charge in [-0.25, -0.2) is 9.78 Å². The monoisotopic (exact) mass is 450 g/mol. The van der Waals surface area contributed by atoms with Gasteiger partial charge in [-0.1, -0.05) is 0 Å². The van der Waals surface area contributed by atoms with Crippen LogP contribution in [0, 0.1) is 0 Å². The molecule has 1 fully saturated rings. The number of carbonyl (C=O) groups is 1. The Morgan fingerprint density at radius 1 is 1.35 bits per heavy atom. The van der Waals surface area contributed by atoms with Crippen LogP contribution < -0.4 is 15.2 Å². The molecule has 0 bridgehead atoms. The van der Waals surface area contributed by atoms with Crippen molar-refractivity contribution in [3.05, 3.63) is 39.8 Å². The molecule has 0 aliphatic carbocycles. The van der Waals surface area contributed by atoms with E-state index in [0.29, 0.717) is 43.3 Å². The normalized spacial score (nSPS) is 16.9. The van der Waals surface area contributed by atoms with Crippen LogP contribution in [0.2, 0.25) is 0 Å². The highest BCUT2D eigenvalue weighted by atomic mass is 32.2. The number of rotatable bonds is 6. The van der Waals surface area contributed by atoms with Crippen molar-refractivity contribution in [3.63, 3.8) is 0 Å². The Balaban J connectivity index is 2.13. The van der Waals surface area contributed by atoms with Crippen LogP contribution in [0.4, 0.5) is 5.82 Å². The smallest absolute Gasteiger partial charge is 0.339 e. The van der Waals surface area contributed by atoms with Crippen LogP contribution >= 0.6 is 0 Å². The first-order valence-corrected chi connectivity index (χ1v) is 11.5. The molecule has 0 spiro atoms. The van der Waals surface area contributed by atoms with E-state index in [1.54, 1.807) is 13.0 Å². The molecule has 1 aliphatic rings. The first-order valence-electron chi connectivity index (χ1n) is 10.4. The Hall–Kier alpha value is -2.14. The minimum absolute atomic E-state index is 0.219. The van der Waals surface area contributed by atoms with Gasteiger partial charge in [-0.05, 0) is 40.7 Å². The molecule has 0 aromatic carbocycles. The molecule has 170 valence electrons. The Bertz CT molecular complexity index is 998. The first kappa shape index (κ1) is 23.5. The third-order valence-corrected chi connectivity index (χ3v) is 6.61. The maximum atomic E-state index is 13.0. The molecule has 31 heavy (non-hydrogen) atoms. The molecule has 1 N–H and O–H groups in total. The van der Waals surface area contributed by atoms with Gasteiger partial charge in [0.1, 0.15) is 16.2 Å². The van der Waals surface area contributed by atoms with Crippen LogP contribution in [0.3, 0.4) is 0 Å². The second-order valence-corrected chi connectivity index (χ2v) is 10.4. The number of hydrogen-bond donors (Lipinski definition) is 1. The van der Waals surface area contributed by atoms with Crippen molar-refractivity contribution in [3.8, 4) is 0 Å². The van der Waals surface area contributed by atoms with Crippen molar-refractivity contribution in [2.45, 2.75) is 45.4 Å². The van der Waals surface area contributed by atoms with Gasteiger partial charge in [-0.15, -0.1) is 4.72 Å². The Morgan fingerprint density at radius 2 is 2.03 bits per heavy atom. The molecule has 3 heterocycles. The van der Waals surface area contributed by atoms with Crippen LogP contribution in [0.15, 0.2) is 23.1 Å². The zero-order chi connectivity index (χ0) is 22.8. The van der Waals surface area contributed by atoms with Crippen molar-refractivity contribution in [1.82, 2.24) is 14.1 Å². The van der Waals surface area contributed by atoms with Gasteiger partial charge in [-0.2, -0.15) is 0 Å². The number of hydrogen-bond acceptors (Lipinski definition) is 8. The predicted octanol–water partition coefficient (Wildman–Crippen LogP) is 1.82. The van der Waals surface area contributed by atoms with E-state index in [9.17, 15) is 14.1 Å². The SMILES string of the molecule is CCOC(=O)c1cc([C@@H](C)N[S+]([O-])C(C)(C)C)c2nc(N3CCOCC3)cc(=O)n2c1. The maximum Gasteiger partial charge on any atom is 0.339 e. The lowest BCUT2D eigenvalue weighted by Crippen LogP contribution is -2.41. The predicted molar refractivity (Wildman–Crippen MR) is 120 cm³/mol. The van der Waals surface area contributed by atoms with E-state index in [2.05, 4.69) is 4.72 Å². The molecule has 3 rings (SSSR count). The van der Waals surface area contributed by atoms with Crippen molar-refractivity contribution in [1.29, 1.82) is 0 Å². The van der Waals surface area contributed by atoms with Crippen LogP contribution in [-0.4, -0.2) is 57.6 Å². The van der Waals surface area contributed by atoms with Crippen molar-refractivity contribution >= 4 is 28.8 Å². The van der Waals surface area contributed by atoms with Gasteiger partial charge < -0.3 is 18.9 Å². The Kier molecular flexibility index (Phi) is 7.25. The molecule has 1 saturated heterocycles. The molecule has 2 atom stereocenters. The largest absolute Gasteiger partial charge is 0.598 e. The third-order valence-electron chi connectivity index (χ3n) is 4.93. The number of nitrogens with zero attached hydrogens (tertiary/aromatic N) is 3. The van der Waals surface area contributed by atoms with E-state index in [1.165, 1.54) is 16.7 Å². The molecular weight excluding hydrogens is 420 g/mol. The second kappa shape index (κ2) is 9.56. The molecule has 1 aliphatic heterocycles. The van der Waals surface area contributed by atoms with Crippen LogP contribution in [0.25, 0.3) is 5.65 Å². The number of fused-ring (bicyclic) bond motifs is 1. The maximum absolute atomic E-state index is 13.0. The topological polar surface area (TPSA) is 108 Å². The summed E-state index contributed by atoms with van der Waals surface area (Å²) in [6.07, 6.45) is 1.45. The lowest BCUT2D eigenvalue weighted by molar-refractivity contribution is 0.0525. The molecule has 9 nitrogen and oxygen atoms in total. The zero-order valence-electron chi connectivity index (χ0n) is 18.6. The fraction of sp³-hybridized carbons (Fsp3) is 0.571. The number of nitrogens with one attached hydrogen (secondary N) is 1. The van der Waals surface area contributed by atoms with Crippen LogP contribution in [0.5, 0.6) is 0 Å². The van der Waals surface area contributed by atoms with Crippen LogP contribution in [0.1, 0.15) is 56.6 Å². The van der Waals surface area contributed by atoms with Gasteiger partial charge in [0.15, 0.2) is 0 Å². The summed E-state index contributed by atoms with van der Waals surface area (Å²) in [4.78, 5) is 32.1. The van der Waals surface area contributed by atoms with E-state index >= 15 is 0 Å². The zero-order valence-corrected chi connectivity index (χ0v) is 19.5. The highest BCUT2D eigenvalue weighted by molar-refractivity contribution is 7.90. The van der Waals surface area contributed by atoms with Gasteiger partial charge in [0.25, 0.3) is 5.56 Å². The summed E-state index contributed by atoms with van der Waals surface area (Å²) in [6, 6.07) is 2.68. The lowest BCUT2D eigenvalue weighted by atomic mass is 10.1. The number of anilines is 1. The van der Waals surface area contributed by atoms with Crippen molar-refractivity contribution in [2.75, 3.05) is 37.8 Å². The summed E-state index contributed by atoms with van der Waals surface area (Å²) in [5.74, 6) is 0.0292. The van der Waals surface area contributed by atoms with Crippen molar-refractivity contribution < 1.29 is 18.8 Å². The fourth-order valence-corrected chi connectivity index (χ4v) is 4.02. The molecule has 2 aromatic heterocycles. The quantitative estimate of drug-likeness (QED) is 0.524. The van der Waals surface area contributed by atoms with E-state index in [-0.39, 0.29) is 17.7 Å². The molecule has 0 saturated carbocycles. The summed E-state index contributed by atoms with van der Waals surface area (Å²) >= 11 is -1.35. The molecule has 1 unspecified atom stereocenters. The fourth-order valence-electron chi connectivity index (χ4n) is 3.22. The van der Waals surface area contributed by atoms with Gasteiger partial charge in [0, 0.05) is 42.3 Å². The van der Waals surface area contributed by atoms with E-state index in [0.717, 1.165) is 0 Å². The average Bonchev–Trinajstić information content (AvgIpc) is 2.73. The summed E-state index contributed by atoms with van der Waals surface area (Å²) in [5.41, 5.74) is 0.939. The summed E-state index contributed by atoms with van der Waals surface area (Å²) in [7, 11) is 0. The third kappa shape index (κ3) is 5.38. The number of ether oxygens (including phenoxy) is 2. The number of aromatic nitrogens is 2. The number of morpholine rings is 1. The highest BCUT2D eigenvalue weighted by Gasteiger charge is 2.30. The van der Waals surface area contributed by atoms with Gasteiger partial charge in [-0.3, -0.25) is 9.20 Å². The number of carbonyl (C=O) groups excluding carboxylic acids is 1. The summed E-state index contributed by atoms with van der Waals surface area (Å²) in [5, 5.41) is 0. The van der Waals surface area contributed by atoms with Crippen LogP contribution in [-0.2, 0) is 20.8 Å². The van der Waals surface area contributed by atoms with Crippen molar-refractivity contribution in [2.24, 2.45) is 0 Å². The first-order chi connectivity index (χ1) is 14.6. The molecule has 2 aromatic rings.